The second kappa shape index (κ2) is 6.48. The van der Waals surface area contributed by atoms with E-state index < -0.39 is 0 Å². The van der Waals surface area contributed by atoms with Crippen LogP contribution < -0.4 is 0 Å². The molecular formula is C18H15N3. The first kappa shape index (κ1) is 13.1. The van der Waals surface area contributed by atoms with Gasteiger partial charge in [-0.15, -0.1) is 0 Å². The molecule has 4 aromatic rings. The van der Waals surface area contributed by atoms with Gasteiger partial charge in [0.25, 0.3) is 0 Å². The van der Waals surface area contributed by atoms with Gasteiger partial charge in [0.1, 0.15) is 6.33 Å². The molecule has 0 fully saturated rings. The number of benzene rings is 3. The lowest BCUT2D eigenvalue weighted by atomic mass is 10.1. The van der Waals surface area contributed by atoms with E-state index in [0.29, 0.717) is 0 Å². The van der Waals surface area contributed by atoms with E-state index in [1.165, 1.54) is 17.1 Å². The molecule has 0 unspecified atom stereocenters. The fourth-order valence-corrected chi connectivity index (χ4v) is 2.07. The number of nitrogens with zero attached hydrogens (tertiary/aromatic N) is 2. The Kier molecular flexibility index (Phi) is 4.03. The molecule has 0 aliphatic heterocycles. The third-order valence-electron chi connectivity index (χ3n) is 3.12. The van der Waals surface area contributed by atoms with Crippen molar-refractivity contribution in [3.63, 3.8) is 0 Å². The number of fused-ring (bicyclic) bond motifs is 1. The van der Waals surface area contributed by atoms with Crippen LogP contribution in [-0.2, 0) is 0 Å². The van der Waals surface area contributed by atoms with Gasteiger partial charge < -0.3 is 0 Å². The molecule has 0 spiro atoms. The Bertz CT molecular complexity index is 727. The van der Waals surface area contributed by atoms with Gasteiger partial charge in [-0.05, 0) is 10.8 Å². The van der Waals surface area contributed by atoms with Crippen LogP contribution in [0.15, 0.2) is 85.2 Å². The minimum Gasteiger partial charge on any atom is -0.259 e. The molecule has 0 amide bonds. The quantitative estimate of drug-likeness (QED) is 0.561. The Morgan fingerprint density at radius 2 is 1.14 bits per heavy atom. The Balaban J connectivity index is 0.000000126. The lowest BCUT2D eigenvalue weighted by Gasteiger charge is -1.92. The molecule has 3 aromatic carbocycles. The van der Waals surface area contributed by atoms with Gasteiger partial charge in [0, 0.05) is 5.56 Å². The Morgan fingerprint density at radius 3 is 1.62 bits per heavy atom. The zero-order chi connectivity index (χ0) is 14.3. The topological polar surface area (TPSA) is 41.6 Å². The van der Waals surface area contributed by atoms with E-state index in [1.807, 2.05) is 30.3 Å². The van der Waals surface area contributed by atoms with Crippen molar-refractivity contribution in [2.24, 2.45) is 0 Å². The van der Waals surface area contributed by atoms with Crippen LogP contribution in [0.3, 0.4) is 0 Å². The summed E-state index contributed by atoms with van der Waals surface area (Å²) in [7, 11) is 0. The SMILES string of the molecule is c1ccc(-c2ncn[nH]2)cc1.c1ccc2ccccc2c1. The molecule has 0 radical (unpaired) electrons. The summed E-state index contributed by atoms with van der Waals surface area (Å²) in [6.07, 6.45) is 1.50. The zero-order valence-corrected chi connectivity index (χ0v) is 11.5. The highest BCUT2D eigenvalue weighted by Gasteiger charge is 1.95. The normalized spacial score (nSPS) is 9.90. The van der Waals surface area contributed by atoms with Gasteiger partial charge in [-0.25, -0.2) is 4.98 Å². The number of H-pyrrole nitrogens is 1. The van der Waals surface area contributed by atoms with Gasteiger partial charge in [-0.3, -0.25) is 5.10 Å². The second-order valence-electron chi connectivity index (χ2n) is 4.55. The van der Waals surface area contributed by atoms with Crippen molar-refractivity contribution in [1.29, 1.82) is 0 Å². The molecule has 0 bridgehead atoms. The van der Waals surface area contributed by atoms with Crippen LogP contribution in [-0.4, -0.2) is 15.2 Å². The molecular weight excluding hydrogens is 258 g/mol. The maximum absolute atomic E-state index is 4.02. The Morgan fingerprint density at radius 1 is 0.619 bits per heavy atom. The van der Waals surface area contributed by atoms with Gasteiger partial charge >= 0.3 is 0 Å². The molecule has 3 nitrogen and oxygen atoms in total. The summed E-state index contributed by atoms with van der Waals surface area (Å²) >= 11 is 0. The molecule has 21 heavy (non-hydrogen) atoms. The lowest BCUT2D eigenvalue weighted by molar-refractivity contribution is 1.10. The second-order valence-corrected chi connectivity index (χ2v) is 4.55. The van der Waals surface area contributed by atoms with Crippen molar-refractivity contribution in [3.8, 4) is 11.4 Å². The number of hydrogen-bond donors (Lipinski definition) is 1. The monoisotopic (exact) mass is 273 g/mol. The van der Waals surface area contributed by atoms with Crippen LogP contribution in [0.2, 0.25) is 0 Å². The first-order valence-corrected chi connectivity index (χ1v) is 6.78. The number of nitrogens with one attached hydrogen (secondary N) is 1. The summed E-state index contributed by atoms with van der Waals surface area (Å²) in [5, 5.41) is 9.18. The number of aromatic nitrogens is 3. The minimum atomic E-state index is 0.811. The summed E-state index contributed by atoms with van der Waals surface area (Å²) in [5.41, 5.74) is 1.06. The van der Waals surface area contributed by atoms with E-state index in [0.717, 1.165) is 11.4 Å². The third kappa shape index (κ3) is 3.34. The summed E-state index contributed by atoms with van der Waals surface area (Å²) in [5.74, 6) is 0.811. The van der Waals surface area contributed by atoms with E-state index in [-0.39, 0.29) is 0 Å². The molecule has 0 atom stereocenters. The maximum atomic E-state index is 4.02. The van der Waals surface area contributed by atoms with E-state index >= 15 is 0 Å². The van der Waals surface area contributed by atoms with Crippen LogP contribution in [0.1, 0.15) is 0 Å². The minimum absolute atomic E-state index is 0.811. The van der Waals surface area contributed by atoms with Gasteiger partial charge in [-0.2, -0.15) is 5.10 Å². The first-order valence-electron chi connectivity index (χ1n) is 6.78. The predicted octanol–water partition coefficient (Wildman–Crippen LogP) is 4.31. The van der Waals surface area contributed by atoms with E-state index in [4.69, 9.17) is 0 Å². The number of hydrogen-bond acceptors (Lipinski definition) is 2. The van der Waals surface area contributed by atoms with E-state index in [9.17, 15) is 0 Å². The third-order valence-corrected chi connectivity index (χ3v) is 3.12. The summed E-state index contributed by atoms with van der Waals surface area (Å²) < 4.78 is 0. The van der Waals surface area contributed by atoms with Crippen molar-refractivity contribution < 1.29 is 0 Å². The highest BCUT2D eigenvalue weighted by Crippen LogP contribution is 2.11. The van der Waals surface area contributed by atoms with E-state index in [1.54, 1.807) is 0 Å². The zero-order valence-electron chi connectivity index (χ0n) is 11.5. The molecule has 3 heteroatoms. The molecule has 1 aromatic heterocycles. The van der Waals surface area contributed by atoms with Gasteiger partial charge in [0.15, 0.2) is 5.82 Å². The fourth-order valence-electron chi connectivity index (χ4n) is 2.07. The van der Waals surface area contributed by atoms with Crippen LogP contribution >= 0.6 is 0 Å². The molecule has 0 aliphatic carbocycles. The van der Waals surface area contributed by atoms with Crippen molar-refractivity contribution >= 4 is 10.8 Å². The van der Waals surface area contributed by atoms with Crippen LogP contribution in [0, 0.1) is 0 Å². The average Bonchev–Trinajstić information content (AvgIpc) is 3.11. The number of aromatic amines is 1. The summed E-state index contributed by atoms with van der Waals surface area (Å²) in [4.78, 5) is 4.02. The predicted molar refractivity (Wildman–Crippen MR) is 85.8 cm³/mol. The first-order chi connectivity index (χ1) is 10.4. The molecule has 1 heterocycles. The molecule has 0 aliphatic rings. The van der Waals surface area contributed by atoms with Gasteiger partial charge in [0.05, 0.1) is 0 Å². The van der Waals surface area contributed by atoms with Crippen molar-refractivity contribution in [3.05, 3.63) is 85.2 Å². The van der Waals surface area contributed by atoms with Crippen LogP contribution in [0.5, 0.6) is 0 Å². The highest BCUT2D eigenvalue weighted by atomic mass is 15.2. The smallest absolute Gasteiger partial charge is 0.155 e. The summed E-state index contributed by atoms with van der Waals surface area (Å²) in [6, 6.07) is 26.6. The lowest BCUT2D eigenvalue weighted by Crippen LogP contribution is -1.78. The Hall–Kier alpha value is -2.94. The maximum Gasteiger partial charge on any atom is 0.155 e. The average molecular weight is 273 g/mol. The summed E-state index contributed by atoms with van der Waals surface area (Å²) in [6.45, 7) is 0. The van der Waals surface area contributed by atoms with Gasteiger partial charge in [-0.1, -0.05) is 78.9 Å². The molecule has 0 saturated heterocycles. The Labute approximate surface area is 123 Å². The fraction of sp³-hybridized carbons (Fsp3) is 0. The van der Waals surface area contributed by atoms with Crippen LogP contribution in [0.25, 0.3) is 22.2 Å². The van der Waals surface area contributed by atoms with Gasteiger partial charge in [0.2, 0.25) is 0 Å². The van der Waals surface area contributed by atoms with E-state index in [2.05, 4.69) is 63.7 Å². The van der Waals surface area contributed by atoms with Crippen molar-refractivity contribution in [2.45, 2.75) is 0 Å². The largest absolute Gasteiger partial charge is 0.259 e. The van der Waals surface area contributed by atoms with Crippen molar-refractivity contribution in [1.82, 2.24) is 15.2 Å². The standard InChI is InChI=1S/C10H8.C8H7N3/c1-2-6-10-8-4-3-7-9(10)5-1;1-2-4-7(5-3-1)8-9-6-10-11-8/h1-8H;1-6H,(H,9,10,11). The molecule has 1 N–H and O–H groups in total. The molecule has 0 saturated carbocycles. The highest BCUT2D eigenvalue weighted by molar-refractivity contribution is 5.82. The molecule has 102 valence electrons. The van der Waals surface area contributed by atoms with Crippen molar-refractivity contribution in [2.75, 3.05) is 0 Å². The number of rotatable bonds is 1. The van der Waals surface area contributed by atoms with Crippen LogP contribution in [0.4, 0.5) is 0 Å². The molecule has 4 rings (SSSR count).